The highest BCUT2D eigenvalue weighted by Crippen LogP contribution is 2.15. The van der Waals surface area contributed by atoms with Gasteiger partial charge in [0.05, 0.1) is 0 Å². The molecule has 0 spiro atoms. The molecule has 0 saturated carbocycles. The van der Waals surface area contributed by atoms with E-state index in [1.165, 1.54) is 4.90 Å². The van der Waals surface area contributed by atoms with E-state index in [0.717, 1.165) is 23.2 Å². The Hall–Kier alpha value is -3.15. The van der Waals surface area contributed by atoms with Crippen LogP contribution in [0.3, 0.4) is 0 Å². The van der Waals surface area contributed by atoms with Crippen molar-refractivity contribution in [2.75, 3.05) is 11.9 Å². The average molecular weight is 379 g/mol. The quantitative estimate of drug-likeness (QED) is 0.692. The molecule has 6 nitrogen and oxygen atoms in total. The molecule has 1 aliphatic rings. The van der Waals surface area contributed by atoms with Crippen LogP contribution in [0, 0.1) is 0 Å². The van der Waals surface area contributed by atoms with Crippen LogP contribution in [0.4, 0.5) is 10.5 Å². The smallest absolute Gasteiger partial charge is 0.324 e. The molecule has 28 heavy (non-hydrogen) atoms. The fourth-order valence-electron chi connectivity index (χ4n) is 3.24. The van der Waals surface area contributed by atoms with E-state index in [2.05, 4.69) is 17.6 Å². The molecule has 0 radical (unpaired) electrons. The van der Waals surface area contributed by atoms with Crippen molar-refractivity contribution in [2.24, 2.45) is 0 Å². The summed E-state index contributed by atoms with van der Waals surface area (Å²) in [6, 6.07) is 16.4. The first kappa shape index (κ1) is 19.6. The van der Waals surface area contributed by atoms with Gasteiger partial charge < -0.3 is 10.6 Å². The fraction of sp³-hybridized carbons (Fsp3) is 0.318. The number of rotatable bonds is 8. The van der Waals surface area contributed by atoms with Gasteiger partial charge in [0.1, 0.15) is 6.04 Å². The van der Waals surface area contributed by atoms with Gasteiger partial charge in [-0.05, 0) is 42.5 Å². The summed E-state index contributed by atoms with van der Waals surface area (Å²) in [5, 5.41) is 5.53. The number of urea groups is 1. The van der Waals surface area contributed by atoms with E-state index >= 15 is 0 Å². The molecule has 2 aromatic carbocycles. The van der Waals surface area contributed by atoms with Gasteiger partial charge in [0, 0.05) is 18.7 Å². The van der Waals surface area contributed by atoms with Crippen LogP contribution in [-0.2, 0) is 22.4 Å². The molecule has 1 heterocycles. The SMILES string of the molecule is CCc1cccc(NC(=O)CCC2NC(=O)N(CCc3ccccc3)C2=O)c1. The van der Waals surface area contributed by atoms with Gasteiger partial charge in [-0.3, -0.25) is 14.5 Å². The summed E-state index contributed by atoms with van der Waals surface area (Å²) in [7, 11) is 0. The van der Waals surface area contributed by atoms with Crippen LogP contribution in [0.2, 0.25) is 0 Å². The van der Waals surface area contributed by atoms with Gasteiger partial charge in [-0.2, -0.15) is 0 Å². The van der Waals surface area contributed by atoms with Gasteiger partial charge >= 0.3 is 6.03 Å². The lowest BCUT2D eigenvalue weighted by Gasteiger charge is -2.13. The highest BCUT2D eigenvalue weighted by molar-refractivity contribution is 6.04. The lowest BCUT2D eigenvalue weighted by molar-refractivity contribution is -0.127. The third-order valence-electron chi connectivity index (χ3n) is 4.85. The van der Waals surface area contributed by atoms with Crippen LogP contribution in [0.5, 0.6) is 0 Å². The van der Waals surface area contributed by atoms with E-state index < -0.39 is 6.04 Å². The van der Waals surface area contributed by atoms with Crippen LogP contribution in [0.15, 0.2) is 54.6 Å². The summed E-state index contributed by atoms with van der Waals surface area (Å²) < 4.78 is 0. The first-order chi connectivity index (χ1) is 13.6. The van der Waals surface area contributed by atoms with Crippen molar-refractivity contribution in [2.45, 2.75) is 38.6 Å². The topological polar surface area (TPSA) is 78.5 Å². The summed E-state index contributed by atoms with van der Waals surface area (Å²) in [6.07, 6.45) is 1.96. The summed E-state index contributed by atoms with van der Waals surface area (Å²) >= 11 is 0. The van der Waals surface area contributed by atoms with Crippen LogP contribution in [0.1, 0.15) is 30.9 Å². The lowest BCUT2D eigenvalue weighted by atomic mass is 10.1. The maximum atomic E-state index is 12.5. The van der Waals surface area contributed by atoms with Crippen LogP contribution < -0.4 is 10.6 Å². The minimum atomic E-state index is -0.643. The second kappa shape index (κ2) is 9.17. The summed E-state index contributed by atoms with van der Waals surface area (Å²) in [6.45, 7) is 2.39. The van der Waals surface area contributed by atoms with Crippen LogP contribution in [0.25, 0.3) is 0 Å². The molecule has 0 bridgehead atoms. The Morgan fingerprint density at radius 1 is 1.07 bits per heavy atom. The highest BCUT2D eigenvalue weighted by atomic mass is 16.2. The third-order valence-corrected chi connectivity index (χ3v) is 4.85. The number of carbonyl (C=O) groups is 3. The van der Waals surface area contributed by atoms with Crippen LogP contribution in [-0.4, -0.2) is 35.3 Å². The minimum Gasteiger partial charge on any atom is -0.326 e. The third kappa shape index (κ3) is 4.97. The Kier molecular flexibility index (Phi) is 6.42. The lowest BCUT2D eigenvalue weighted by Crippen LogP contribution is -2.33. The zero-order valence-electron chi connectivity index (χ0n) is 16.0. The van der Waals surface area contributed by atoms with E-state index in [0.29, 0.717) is 13.0 Å². The first-order valence-electron chi connectivity index (χ1n) is 9.61. The van der Waals surface area contributed by atoms with Crippen molar-refractivity contribution in [3.8, 4) is 0 Å². The standard InChI is InChI=1S/C22H25N3O3/c1-2-16-9-6-10-18(15-16)23-20(26)12-11-19-21(27)25(22(28)24-19)14-13-17-7-4-3-5-8-17/h3-10,15,19H,2,11-14H2,1H3,(H,23,26)(H,24,28). The molecule has 0 aromatic heterocycles. The Morgan fingerprint density at radius 3 is 2.57 bits per heavy atom. The predicted octanol–water partition coefficient (Wildman–Crippen LogP) is 3.13. The van der Waals surface area contributed by atoms with Crippen molar-refractivity contribution < 1.29 is 14.4 Å². The van der Waals surface area contributed by atoms with Gasteiger partial charge in [-0.25, -0.2) is 4.79 Å². The maximum Gasteiger partial charge on any atom is 0.324 e. The predicted molar refractivity (Wildman–Crippen MR) is 108 cm³/mol. The number of carbonyl (C=O) groups excluding carboxylic acids is 3. The molecule has 2 aromatic rings. The van der Waals surface area contributed by atoms with Gasteiger partial charge in [0.15, 0.2) is 0 Å². The number of amides is 4. The molecule has 0 aliphatic carbocycles. The van der Waals surface area contributed by atoms with E-state index in [1.807, 2.05) is 54.6 Å². The van der Waals surface area contributed by atoms with Crippen molar-refractivity contribution in [3.63, 3.8) is 0 Å². The minimum absolute atomic E-state index is 0.166. The van der Waals surface area contributed by atoms with E-state index in [4.69, 9.17) is 0 Å². The number of nitrogens with zero attached hydrogens (tertiary/aromatic N) is 1. The van der Waals surface area contributed by atoms with Gasteiger partial charge in [0.2, 0.25) is 5.91 Å². The second-order valence-corrected chi connectivity index (χ2v) is 6.87. The normalized spacial score (nSPS) is 16.2. The number of hydrogen-bond acceptors (Lipinski definition) is 3. The Bertz CT molecular complexity index is 851. The van der Waals surface area contributed by atoms with Gasteiger partial charge in [-0.1, -0.05) is 49.4 Å². The van der Waals surface area contributed by atoms with E-state index in [-0.39, 0.29) is 30.7 Å². The first-order valence-corrected chi connectivity index (χ1v) is 9.61. The molecule has 6 heteroatoms. The number of aryl methyl sites for hydroxylation is 1. The van der Waals surface area contributed by atoms with E-state index in [1.54, 1.807) is 0 Å². The van der Waals surface area contributed by atoms with Crippen molar-refractivity contribution in [1.29, 1.82) is 0 Å². The Morgan fingerprint density at radius 2 is 1.82 bits per heavy atom. The van der Waals surface area contributed by atoms with Crippen LogP contribution >= 0.6 is 0 Å². The maximum absolute atomic E-state index is 12.5. The molecule has 1 fully saturated rings. The molecule has 1 aliphatic heterocycles. The molecular weight excluding hydrogens is 354 g/mol. The fourth-order valence-corrected chi connectivity index (χ4v) is 3.24. The Labute approximate surface area is 164 Å². The largest absolute Gasteiger partial charge is 0.326 e. The van der Waals surface area contributed by atoms with Crippen molar-refractivity contribution >= 4 is 23.5 Å². The summed E-state index contributed by atoms with van der Waals surface area (Å²) in [4.78, 5) is 38.1. The average Bonchev–Trinajstić information content (AvgIpc) is 2.98. The zero-order chi connectivity index (χ0) is 19.9. The molecule has 1 unspecified atom stereocenters. The highest BCUT2D eigenvalue weighted by Gasteiger charge is 2.37. The van der Waals surface area contributed by atoms with Gasteiger partial charge in [-0.15, -0.1) is 0 Å². The van der Waals surface area contributed by atoms with E-state index in [9.17, 15) is 14.4 Å². The number of imide groups is 1. The van der Waals surface area contributed by atoms with Crippen molar-refractivity contribution in [1.82, 2.24) is 10.2 Å². The molecule has 1 atom stereocenters. The summed E-state index contributed by atoms with van der Waals surface area (Å²) in [5.41, 5.74) is 2.96. The van der Waals surface area contributed by atoms with Crippen molar-refractivity contribution in [3.05, 3.63) is 65.7 Å². The van der Waals surface area contributed by atoms with Gasteiger partial charge in [0.25, 0.3) is 5.91 Å². The molecule has 3 rings (SSSR count). The second-order valence-electron chi connectivity index (χ2n) is 6.87. The number of benzene rings is 2. The number of hydrogen-bond donors (Lipinski definition) is 2. The molecule has 4 amide bonds. The molecular formula is C22H25N3O3. The zero-order valence-corrected chi connectivity index (χ0v) is 16.0. The molecule has 1 saturated heterocycles. The Balaban J connectivity index is 1.48. The number of anilines is 1. The number of nitrogens with one attached hydrogen (secondary N) is 2. The summed E-state index contributed by atoms with van der Waals surface area (Å²) in [5.74, 6) is -0.431. The molecule has 146 valence electrons. The monoisotopic (exact) mass is 379 g/mol. The molecule has 2 N–H and O–H groups in total.